The molecular formula is C27H36N2O11. The van der Waals surface area contributed by atoms with Gasteiger partial charge in [0.25, 0.3) is 5.91 Å². The molecule has 0 radical (unpaired) electrons. The number of hydrogen-bond donors (Lipinski definition) is 8. The van der Waals surface area contributed by atoms with E-state index in [0.29, 0.717) is 0 Å². The van der Waals surface area contributed by atoms with Crippen LogP contribution >= 0.6 is 0 Å². The van der Waals surface area contributed by atoms with Crippen molar-refractivity contribution < 1.29 is 54.6 Å². The van der Waals surface area contributed by atoms with Gasteiger partial charge >= 0.3 is 6.09 Å². The second-order valence-corrected chi connectivity index (χ2v) is 9.86. The smallest absolute Gasteiger partial charge is 0.409 e. The zero-order valence-corrected chi connectivity index (χ0v) is 22.2. The van der Waals surface area contributed by atoms with Crippen LogP contribution in [-0.2, 0) is 19.1 Å². The Kier molecular flexibility index (Phi) is 12.0. The van der Waals surface area contributed by atoms with E-state index in [1.807, 2.05) is 0 Å². The molecule has 2 bridgehead atoms. The number of hydrogen-bond acceptors (Lipinski definition) is 11. The van der Waals surface area contributed by atoms with Gasteiger partial charge < -0.3 is 46.4 Å². The zero-order chi connectivity index (χ0) is 30.1. The molecule has 0 saturated heterocycles. The second kappa shape index (κ2) is 14.7. The highest BCUT2D eigenvalue weighted by atomic mass is 16.6. The average Bonchev–Trinajstić information content (AvgIpc) is 2.90. The summed E-state index contributed by atoms with van der Waals surface area (Å²) >= 11 is 0. The van der Waals surface area contributed by atoms with Gasteiger partial charge in [-0.1, -0.05) is 19.1 Å². The van der Waals surface area contributed by atoms with Gasteiger partial charge in [0.2, 0.25) is 5.78 Å². The predicted molar refractivity (Wildman–Crippen MR) is 140 cm³/mol. The van der Waals surface area contributed by atoms with Crippen molar-refractivity contribution in [3.05, 3.63) is 58.2 Å². The Balaban J connectivity index is 2.60. The lowest BCUT2D eigenvalue weighted by Crippen LogP contribution is -2.37. The van der Waals surface area contributed by atoms with E-state index < -0.39 is 84.8 Å². The number of primary amides is 1. The summed E-state index contributed by atoms with van der Waals surface area (Å²) in [6.45, 7) is 1.26. The lowest BCUT2D eigenvalue weighted by molar-refractivity contribution is -0.121. The molecule has 0 saturated carbocycles. The quantitative estimate of drug-likeness (QED) is 0.204. The molecule has 1 heterocycles. The van der Waals surface area contributed by atoms with Crippen LogP contribution in [0.4, 0.5) is 4.79 Å². The van der Waals surface area contributed by atoms with E-state index in [1.165, 1.54) is 13.0 Å². The number of aliphatic hydroxyl groups excluding tert-OH is 6. The van der Waals surface area contributed by atoms with Crippen molar-refractivity contribution in [2.24, 2.45) is 23.5 Å². The molecule has 13 nitrogen and oxygen atoms in total. The summed E-state index contributed by atoms with van der Waals surface area (Å²) in [5, 5.41) is 63.5. The molecule has 0 aromatic carbocycles. The Morgan fingerprint density at radius 3 is 2.38 bits per heavy atom. The van der Waals surface area contributed by atoms with E-state index in [9.17, 15) is 49.8 Å². The van der Waals surface area contributed by atoms with Gasteiger partial charge in [0.1, 0.15) is 5.76 Å². The molecule has 5 atom stereocenters. The number of ketones is 2. The summed E-state index contributed by atoms with van der Waals surface area (Å²) in [5.74, 6) is -5.93. The minimum absolute atomic E-state index is 0.0642. The van der Waals surface area contributed by atoms with Gasteiger partial charge in [-0.2, -0.15) is 0 Å². The van der Waals surface area contributed by atoms with Gasteiger partial charge in [-0.15, -0.1) is 0 Å². The highest BCUT2D eigenvalue weighted by Crippen LogP contribution is 2.30. The molecule has 2 amide bonds. The number of aliphatic hydroxyl groups is 6. The Morgan fingerprint density at radius 1 is 1.12 bits per heavy atom. The molecule has 0 aromatic heterocycles. The summed E-state index contributed by atoms with van der Waals surface area (Å²) in [5.41, 5.74) is 4.75. The monoisotopic (exact) mass is 564 g/mol. The van der Waals surface area contributed by atoms with Crippen LogP contribution in [0.5, 0.6) is 0 Å². The SMILES string of the molecule is C/C1=C(\OC(N)=O)[C@@H](CO)/C=C\C=C(/O)C(=O)NC2=CC(=O)C(CO)=C(C[C@@H](C)C[C@H](CO)[C@H](O)[C@@H](O)C1)C2=O. The molecule has 1 aliphatic carbocycles. The average molecular weight is 565 g/mol. The van der Waals surface area contributed by atoms with Gasteiger partial charge in [-0.05, 0) is 37.3 Å². The van der Waals surface area contributed by atoms with Crippen molar-refractivity contribution in [1.82, 2.24) is 5.32 Å². The van der Waals surface area contributed by atoms with Crippen LogP contribution in [0.15, 0.2) is 58.2 Å². The Bertz CT molecular complexity index is 1160. The third kappa shape index (κ3) is 8.19. The summed E-state index contributed by atoms with van der Waals surface area (Å²) < 4.78 is 5.06. The summed E-state index contributed by atoms with van der Waals surface area (Å²) in [4.78, 5) is 49.8. The van der Waals surface area contributed by atoms with Gasteiger partial charge in [-0.25, -0.2) is 4.79 Å². The van der Waals surface area contributed by atoms with Crippen LogP contribution in [0.1, 0.15) is 33.1 Å². The maximum Gasteiger partial charge on any atom is 0.409 e. The number of amides is 2. The first kappa shape index (κ1) is 32.6. The number of carbonyl (C=O) groups is 4. The Labute approximate surface area is 230 Å². The van der Waals surface area contributed by atoms with Crippen LogP contribution in [0.3, 0.4) is 0 Å². The zero-order valence-electron chi connectivity index (χ0n) is 22.2. The van der Waals surface area contributed by atoms with Crippen LogP contribution in [0, 0.1) is 17.8 Å². The number of fused-ring (bicyclic) bond motifs is 2. The van der Waals surface area contributed by atoms with E-state index in [1.54, 1.807) is 6.92 Å². The molecule has 2 rings (SSSR count). The van der Waals surface area contributed by atoms with Crippen LogP contribution in [-0.4, -0.2) is 86.2 Å². The minimum atomic E-state index is -1.47. The van der Waals surface area contributed by atoms with Crippen LogP contribution in [0.25, 0.3) is 0 Å². The first-order chi connectivity index (χ1) is 18.8. The van der Waals surface area contributed by atoms with Crippen molar-refractivity contribution in [1.29, 1.82) is 0 Å². The first-order valence-electron chi connectivity index (χ1n) is 12.6. The minimum Gasteiger partial charge on any atom is -0.503 e. The normalized spacial score (nSPS) is 31.7. The number of rotatable bonds is 4. The fraction of sp³-hybridized carbons (Fsp3) is 0.481. The van der Waals surface area contributed by atoms with E-state index in [-0.39, 0.29) is 41.7 Å². The molecule has 13 heteroatoms. The lowest BCUT2D eigenvalue weighted by atomic mass is 9.81. The van der Waals surface area contributed by atoms with E-state index >= 15 is 0 Å². The highest BCUT2D eigenvalue weighted by molar-refractivity contribution is 6.23. The highest BCUT2D eigenvalue weighted by Gasteiger charge is 2.33. The number of allylic oxidation sites excluding steroid dienone is 4. The largest absolute Gasteiger partial charge is 0.503 e. The third-order valence-electron chi connectivity index (χ3n) is 6.74. The second-order valence-electron chi connectivity index (χ2n) is 9.86. The molecule has 2 aliphatic rings. The number of ether oxygens (including phenoxy) is 1. The van der Waals surface area contributed by atoms with Crippen molar-refractivity contribution in [3.63, 3.8) is 0 Å². The predicted octanol–water partition coefficient (Wildman–Crippen LogP) is -0.447. The number of nitrogens with two attached hydrogens (primary N) is 1. The van der Waals surface area contributed by atoms with Gasteiger partial charge in [0, 0.05) is 36.2 Å². The molecule has 9 N–H and O–H groups in total. The fourth-order valence-electron chi connectivity index (χ4n) is 4.70. The van der Waals surface area contributed by atoms with E-state index in [0.717, 1.165) is 18.2 Å². The maximum atomic E-state index is 13.1. The molecule has 1 aliphatic heterocycles. The summed E-state index contributed by atoms with van der Waals surface area (Å²) in [6.07, 6.45) is -0.149. The number of carbonyl (C=O) groups excluding carboxylic acids is 4. The molecule has 220 valence electrons. The number of Topliss-reactive ketones (excluding diaryl/α,β-unsaturated/α-hetero) is 1. The van der Waals surface area contributed by atoms with Crippen LogP contribution in [0.2, 0.25) is 0 Å². The molecule has 40 heavy (non-hydrogen) atoms. The van der Waals surface area contributed by atoms with E-state index in [2.05, 4.69) is 5.32 Å². The van der Waals surface area contributed by atoms with Crippen molar-refractivity contribution in [3.8, 4) is 0 Å². The molecular weight excluding hydrogens is 528 g/mol. The standard InChI is InChI=1S/C27H36N2O11/c1-13-6-16(11-31)23(36)22(35)8-14(2)25(40-27(28)39)15(10-30)4-3-5-20(33)26(38)29-19-9-21(34)18(12-32)17(7-13)24(19)37/h3-5,9,13,15-16,22-23,30-33,35-36H,6-8,10-12H2,1-2H3,(H2,28,39)(H,29,38)/b4-3-,20-5-,25-14+/t13-,15+,16+,22-,23-/m0/s1. The first-order valence-corrected chi connectivity index (χ1v) is 12.6. The van der Waals surface area contributed by atoms with Crippen molar-refractivity contribution >= 4 is 23.6 Å². The topological polar surface area (TPSA) is 237 Å². The summed E-state index contributed by atoms with van der Waals surface area (Å²) in [7, 11) is 0. The molecule has 0 aromatic rings. The lowest BCUT2D eigenvalue weighted by Gasteiger charge is -2.29. The van der Waals surface area contributed by atoms with Gasteiger partial charge in [-0.3, -0.25) is 14.4 Å². The molecule has 0 unspecified atom stereocenters. The maximum absolute atomic E-state index is 13.1. The third-order valence-corrected chi connectivity index (χ3v) is 6.74. The van der Waals surface area contributed by atoms with Crippen molar-refractivity contribution in [2.75, 3.05) is 19.8 Å². The fourth-order valence-corrected chi connectivity index (χ4v) is 4.70. The van der Waals surface area contributed by atoms with Crippen LogP contribution < -0.4 is 11.1 Å². The van der Waals surface area contributed by atoms with Crippen molar-refractivity contribution in [2.45, 2.75) is 45.3 Å². The summed E-state index contributed by atoms with van der Waals surface area (Å²) in [6, 6.07) is 0. The Morgan fingerprint density at radius 2 is 1.80 bits per heavy atom. The Hall–Kier alpha value is -3.62. The number of nitrogens with one attached hydrogen (secondary N) is 1. The van der Waals surface area contributed by atoms with E-state index in [4.69, 9.17) is 10.5 Å². The molecule has 0 fully saturated rings. The molecule has 0 spiro atoms. The van der Waals surface area contributed by atoms with Gasteiger partial charge in [0.15, 0.2) is 11.5 Å². The van der Waals surface area contributed by atoms with Gasteiger partial charge in [0.05, 0.1) is 37.0 Å².